The van der Waals surface area contributed by atoms with Crippen molar-refractivity contribution in [1.82, 2.24) is 10.2 Å². The topological polar surface area (TPSA) is 41.6 Å². The molecule has 0 aliphatic heterocycles. The van der Waals surface area contributed by atoms with E-state index in [9.17, 15) is 4.79 Å². The van der Waals surface area contributed by atoms with Crippen molar-refractivity contribution in [3.63, 3.8) is 0 Å². The second-order valence-electron chi connectivity index (χ2n) is 7.24. The van der Waals surface area contributed by atoms with Crippen molar-refractivity contribution in [3.05, 3.63) is 0 Å². The van der Waals surface area contributed by atoms with E-state index in [1.807, 2.05) is 34.6 Å². The summed E-state index contributed by atoms with van der Waals surface area (Å²) in [5, 5.41) is 3.58. The molecular formula is C16H32N2O2. The van der Waals surface area contributed by atoms with Gasteiger partial charge in [0.05, 0.1) is 0 Å². The molecule has 0 heterocycles. The van der Waals surface area contributed by atoms with Gasteiger partial charge in [0, 0.05) is 25.2 Å². The molecule has 0 radical (unpaired) electrons. The minimum atomic E-state index is -0.433. The lowest BCUT2D eigenvalue weighted by atomic mass is 10.1. The van der Waals surface area contributed by atoms with Crippen LogP contribution in [0, 0.1) is 5.92 Å². The predicted octanol–water partition coefficient (Wildman–Crippen LogP) is 3.41. The molecule has 1 saturated carbocycles. The van der Waals surface area contributed by atoms with E-state index in [2.05, 4.69) is 12.2 Å². The summed E-state index contributed by atoms with van der Waals surface area (Å²) in [6, 6.07) is 0.773. The fourth-order valence-electron chi connectivity index (χ4n) is 2.70. The summed E-state index contributed by atoms with van der Waals surface area (Å²) in [7, 11) is 0. The number of carbonyl (C=O) groups is 1. The van der Waals surface area contributed by atoms with E-state index in [0.717, 1.165) is 12.5 Å². The molecular weight excluding hydrogens is 252 g/mol. The number of ether oxygens (including phenoxy) is 1. The first-order valence-electron chi connectivity index (χ1n) is 7.93. The van der Waals surface area contributed by atoms with E-state index in [1.54, 1.807) is 4.90 Å². The molecule has 2 unspecified atom stereocenters. The summed E-state index contributed by atoms with van der Waals surface area (Å²) < 4.78 is 5.46. The van der Waals surface area contributed by atoms with Crippen LogP contribution < -0.4 is 5.32 Å². The molecule has 1 fully saturated rings. The van der Waals surface area contributed by atoms with Gasteiger partial charge in [-0.3, -0.25) is 0 Å². The fraction of sp³-hybridized carbons (Fsp3) is 0.938. The zero-order chi connectivity index (χ0) is 15.3. The first kappa shape index (κ1) is 17.3. The summed E-state index contributed by atoms with van der Waals surface area (Å²) in [4.78, 5) is 14.0. The first-order valence-corrected chi connectivity index (χ1v) is 7.93. The van der Waals surface area contributed by atoms with E-state index in [1.165, 1.54) is 19.3 Å². The second-order valence-corrected chi connectivity index (χ2v) is 7.24. The molecule has 4 heteroatoms. The van der Waals surface area contributed by atoms with Gasteiger partial charge in [0.15, 0.2) is 0 Å². The molecule has 118 valence electrons. The summed E-state index contributed by atoms with van der Waals surface area (Å²) in [5.41, 5.74) is -0.433. The van der Waals surface area contributed by atoms with Crippen LogP contribution in [-0.4, -0.2) is 41.8 Å². The highest BCUT2D eigenvalue weighted by Crippen LogP contribution is 2.24. The number of hydrogen-bond donors (Lipinski definition) is 1. The lowest BCUT2D eigenvalue weighted by Crippen LogP contribution is -2.45. The van der Waals surface area contributed by atoms with Gasteiger partial charge >= 0.3 is 6.09 Å². The van der Waals surface area contributed by atoms with E-state index in [0.29, 0.717) is 12.6 Å². The standard InChI is InChI=1S/C16H32N2O2/c1-12(2)18(15(19)20-16(4,5)6)11-10-17-14-9-7-8-13(14)3/h12-14,17H,7-11H2,1-6H3. The Morgan fingerprint density at radius 3 is 2.45 bits per heavy atom. The Balaban J connectivity index is 2.41. The van der Waals surface area contributed by atoms with Crippen LogP contribution in [0.4, 0.5) is 4.79 Å². The number of rotatable bonds is 5. The lowest BCUT2D eigenvalue weighted by molar-refractivity contribution is 0.0192. The number of nitrogens with one attached hydrogen (secondary N) is 1. The fourth-order valence-corrected chi connectivity index (χ4v) is 2.70. The minimum Gasteiger partial charge on any atom is -0.444 e. The van der Waals surface area contributed by atoms with Gasteiger partial charge in [-0.2, -0.15) is 0 Å². The molecule has 0 spiro atoms. The predicted molar refractivity (Wildman–Crippen MR) is 82.9 cm³/mol. The third kappa shape index (κ3) is 5.70. The second kappa shape index (κ2) is 7.30. The zero-order valence-corrected chi connectivity index (χ0v) is 14.0. The van der Waals surface area contributed by atoms with E-state index in [-0.39, 0.29) is 12.1 Å². The van der Waals surface area contributed by atoms with Crippen molar-refractivity contribution in [1.29, 1.82) is 0 Å². The first-order chi connectivity index (χ1) is 9.20. The maximum absolute atomic E-state index is 12.2. The van der Waals surface area contributed by atoms with E-state index < -0.39 is 5.60 Å². The smallest absolute Gasteiger partial charge is 0.410 e. The van der Waals surface area contributed by atoms with Gasteiger partial charge in [0.1, 0.15) is 5.60 Å². The average Bonchev–Trinajstić information content (AvgIpc) is 2.67. The highest BCUT2D eigenvalue weighted by molar-refractivity contribution is 5.68. The minimum absolute atomic E-state index is 0.160. The van der Waals surface area contributed by atoms with Gasteiger partial charge in [-0.1, -0.05) is 13.3 Å². The van der Waals surface area contributed by atoms with Crippen LogP contribution in [0.25, 0.3) is 0 Å². The number of carbonyl (C=O) groups excluding carboxylic acids is 1. The molecule has 20 heavy (non-hydrogen) atoms. The van der Waals surface area contributed by atoms with Gasteiger partial charge in [-0.15, -0.1) is 0 Å². The molecule has 1 amide bonds. The Bertz CT molecular complexity index is 310. The van der Waals surface area contributed by atoms with Gasteiger partial charge in [-0.05, 0) is 53.4 Å². The maximum Gasteiger partial charge on any atom is 0.410 e. The molecule has 1 N–H and O–H groups in total. The Hall–Kier alpha value is -0.770. The Morgan fingerprint density at radius 2 is 2.00 bits per heavy atom. The van der Waals surface area contributed by atoms with Crippen LogP contribution in [0.1, 0.15) is 60.8 Å². The van der Waals surface area contributed by atoms with Crippen molar-refractivity contribution in [2.24, 2.45) is 5.92 Å². The number of nitrogens with zero attached hydrogens (tertiary/aromatic N) is 1. The van der Waals surface area contributed by atoms with Gasteiger partial charge in [0.25, 0.3) is 0 Å². The van der Waals surface area contributed by atoms with Crippen molar-refractivity contribution in [3.8, 4) is 0 Å². The Kier molecular flexibility index (Phi) is 6.31. The largest absolute Gasteiger partial charge is 0.444 e. The Morgan fingerprint density at radius 1 is 1.35 bits per heavy atom. The van der Waals surface area contributed by atoms with Crippen molar-refractivity contribution < 1.29 is 9.53 Å². The molecule has 0 aromatic carbocycles. The number of hydrogen-bond acceptors (Lipinski definition) is 3. The summed E-state index contributed by atoms with van der Waals surface area (Å²) >= 11 is 0. The van der Waals surface area contributed by atoms with Crippen LogP contribution in [0.2, 0.25) is 0 Å². The van der Waals surface area contributed by atoms with E-state index >= 15 is 0 Å². The lowest BCUT2D eigenvalue weighted by Gasteiger charge is -2.30. The molecule has 1 aliphatic carbocycles. The van der Waals surface area contributed by atoms with Gasteiger partial charge in [0.2, 0.25) is 0 Å². The van der Waals surface area contributed by atoms with E-state index in [4.69, 9.17) is 4.74 Å². The van der Waals surface area contributed by atoms with Crippen LogP contribution >= 0.6 is 0 Å². The highest BCUT2D eigenvalue weighted by Gasteiger charge is 2.25. The maximum atomic E-state index is 12.2. The molecule has 0 bridgehead atoms. The van der Waals surface area contributed by atoms with Crippen LogP contribution in [0.5, 0.6) is 0 Å². The number of amides is 1. The van der Waals surface area contributed by atoms with Crippen molar-refractivity contribution >= 4 is 6.09 Å². The summed E-state index contributed by atoms with van der Waals surface area (Å²) in [6.45, 7) is 13.6. The molecule has 2 atom stereocenters. The SMILES string of the molecule is CC1CCCC1NCCN(C(=O)OC(C)(C)C)C(C)C. The van der Waals surface area contributed by atoms with Crippen LogP contribution in [0.15, 0.2) is 0 Å². The highest BCUT2D eigenvalue weighted by atomic mass is 16.6. The molecule has 0 aromatic rings. The summed E-state index contributed by atoms with van der Waals surface area (Å²) in [5.74, 6) is 0.754. The third-order valence-electron chi connectivity index (χ3n) is 3.87. The molecule has 0 aromatic heterocycles. The third-order valence-corrected chi connectivity index (χ3v) is 3.87. The Labute approximate surface area is 124 Å². The summed E-state index contributed by atoms with van der Waals surface area (Å²) in [6.07, 6.45) is 3.68. The molecule has 1 rings (SSSR count). The van der Waals surface area contributed by atoms with Crippen molar-refractivity contribution in [2.75, 3.05) is 13.1 Å². The quantitative estimate of drug-likeness (QED) is 0.841. The molecule has 0 saturated heterocycles. The molecule has 1 aliphatic rings. The van der Waals surface area contributed by atoms with Crippen LogP contribution in [-0.2, 0) is 4.74 Å². The van der Waals surface area contributed by atoms with Crippen molar-refractivity contribution in [2.45, 2.75) is 78.5 Å². The monoisotopic (exact) mass is 284 g/mol. The zero-order valence-electron chi connectivity index (χ0n) is 14.0. The van der Waals surface area contributed by atoms with Crippen LogP contribution in [0.3, 0.4) is 0 Å². The van der Waals surface area contributed by atoms with Gasteiger partial charge < -0.3 is 15.0 Å². The molecule has 4 nitrogen and oxygen atoms in total. The van der Waals surface area contributed by atoms with Gasteiger partial charge in [-0.25, -0.2) is 4.79 Å². The normalized spacial score (nSPS) is 23.1. The average molecular weight is 284 g/mol.